The summed E-state index contributed by atoms with van der Waals surface area (Å²) in [6, 6.07) is 6.41. The van der Waals surface area contributed by atoms with Crippen LogP contribution in [0.25, 0.3) is 6.08 Å². The number of carbonyl (C=O) groups is 2. The van der Waals surface area contributed by atoms with Crippen molar-refractivity contribution in [2.45, 2.75) is 19.2 Å². The zero-order chi connectivity index (χ0) is 22.4. The number of alkyl halides is 3. The van der Waals surface area contributed by atoms with Crippen molar-refractivity contribution in [2.75, 3.05) is 36.5 Å². The van der Waals surface area contributed by atoms with Gasteiger partial charge in [-0.3, -0.25) is 4.79 Å². The third kappa shape index (κ3) is 6.11. The third-order valence-electron chi connectivity index (χ3n) is 4.52. The summed E-state index contributed by atoms with van der Waals surface area (Å²) in [4.78, 5) is 26.2. The van der Waals surface area contributed by atoms with Gasteiger partial charge in [-0.25, -0.2) is 4.79 Å². The van der Waals surface area contributed by atoms with Crippen LogP contribution in [0.3, 0.4) is 0 Å². The Morgan fingerprint density at radius 1 is 1.23 bits per heavy atom. The van der Waals surface area contributed by atoms with E-state index < -0.39 is 29.7 Å². The number of esters is 1. The number of anilines is 2. The first-order valence-corrected chi connectivity index (χ1v) is 9.51. The number of nitrogens with zero attached hydrogens (tertiary/aromatic N) is 1. The quantitative estimate of drug-likeness (QED) is 0.547. The van der Waals surface area contributed by atoms with Gasteiger partial charge in [-0.2, -0.15) is 13.2 Å². The van der Waals surface area contributed by atoms with Crippen molar-refractivity contribution in [3.63, 3.8) is 0 Å². The van der Waals surface area contributed by atoms with Crippen molar-refractivity contribution in [3.05, 3.63) is 54.0 Å². The number of halogens is 3. The van der Waals surface area contributed by atoms with E-state index in [1.54, 1.807) is 12.1 Å². The van der Waals surface area contributed by atoms with Gasteiger partial charge in [0, 0.05) is 19.2 Å². The number of hydrogen-bond donors (Lipinski definition) is 1. The van der Waals surface area contributed by atoms with Gasteiger partial charge < -0.3 is 24.1 Å². The molecule has 3 rings (SSSR count). The average Bonchev–Trinajstić information content (AvgIpc) is 3.26. The number of benzene rings is 1. The Bertz CT molecular complexity index is 935. The molecule has 1 unspecified atom stereocenters. The number of carbonyl (C=O) groups excluding carboxylic acids is 2. The van der Waals surface area contributed by atoms with E-state index in [2.05, 4.69) is 5.32 Å². The van der Waals surface area contributed by atoms with E-state index in [4.69, 9.17) is 13.9 Å². The van der Waals surface area contributed by atoms with Gasteiger partial charge in [0.05, 0.1) is 36.4 Å². The molecule has 0 saturated carbocycles. The Morgan fingerprint density at radius 3 is 2.61 bits per heavy atom. The largest absolute Gasteiger partial charge is 0.465 e. The van der Waals surface area contributed by atoms with Gasteiger partial charge in [0.2, 0.25) is 0 Å². The van der Waals surface area contributed by atoms with Crippen LogP contribution >= 0.6 is 0 Å². The molecule has 7 nitrogen and oxygen atoms in total. The highest BCUT2D eigenvalue weighted by Crippen LogP contribution is 2.35. The van der Waals surface area contributed by atoms with Crippen LogP contribution in [0.2, 0.25) is 0 Å². The van der Waals surface area contributed by atoms with E-state index in [1.807, 2.05) is 4.90 Å². The predicted molar refractivity (Wildman–Crippen MR) is 106 cm³/mol. The van der Waals surface area contributed by atoms with E-state index in [9.17, 15) is 22.8 Å². The third-order valence-corrected chi connectivity index (χ3v) is 4.52. The van der Waals surface area contributed by atoms with Crippen molar-refractivity contribution in [1.29, 1.82) is 0 Å². The lowest BCUT2D eigenvalue weighted by Crippen LogP contribution is -2.37. The summed E-state index contributed by atoms with van der Waals surface area (Å²) in [5.74, 6) is -1.13. The van der Waals surface area contributed by atoms with Gasteiger partial charge in [0.15, 0.2) is 6.10 Å². The van der Waals surface area contributed by atoms with Crippen molar-refractivity contribution < 1.29 is 36.7 Å². The molecule has 1 aliphatic rings. The van der Waals surface area contributed by atoms with Crippen molar-refractivity contribution in [2.24, 2.45) is 0 Å². The van der Waals surface area contributed by atoms with Crippen molar-refractivity contribution in [1.82, 2.24) is 0 Å². The lowest BCUT2D eigenvalue weighted by Gasteiger charge is -2.31. The molecule has 1 amide bonds. The van der Waals surface area contributed by atoms with Crippen LogP contribution in [-0.4, -0.2) is 44.3 Å². The molecule has 1 saturated heterocycles. The molecule has 1 aromatic carbocycles. The van der Waals surface area contributed by atoms with Crippen molar-refractivity contribution in [3.8, 4) is 0 Å². The fourth-order valence-corrected chi connectivity index (χ4v) is 2.93. The molecule has 2 heterocycles. The summed E-state index contributed by atoms with van der Waals surface area (Å²) in [5, 5.41) is 2.45. The second kappa shape index (κ2) is 9.69. The highest BCUT2D eigenvalue weighted by molar-refractivity contribution is 5.99. The number of hydrogen-bond acceptors (Lipinski definition) is 6. The van der Waals surface area contributed by atoms with Gasteiger partial charge in [0.1, 0.15) is 5.76 Å². The van der Waals surface area contributed by atoms with Crippen LogP contribution in [0.4, 0.5) is 24.5 Å². The number of ether oxygens (including phenoxy) is 2. The van der Waals surface area contributed by atoms with Gasteiger partial charge in [-0.15, -0.1) is 0 Å². The van der Waals surface area contributed by atoms with Crippen LogP contribution in [-0.2, 0) is 25.2 Å². The minimum absolute atomic E-state index is 0.0178. The molecule has 0 spiro atoms. The molecule has 10 heteroatoms. The van der Waals surface area contributed by atoms with Gasteiger partial charge in [-0.05, 0) is 43.3 Å². The Morgan fingerprint density at radius 2 is 1.97 bits per heavy atom. The fraction of sp³-hybridized carbons (Fsp3) is 0.333. The number of amides is 1. The zero-order valence-electron chi connectivity index (χ0n) is 16.6. The molecule has 1 aromatic heterocycles. The van der Waals surface area contributed by atoms with Crippen LogP contribution in [0.5, 0.6) is 0 Å². The van der Waals surface area contributed by atoms with E-state index >= 15 is 0 Å². The maximum absolute atomic E-state index is 13.2. The monoisotopic (exact) mass is 438 g/mol. The summed E-state index contributed by atoms with van der Waals surface area (Å²) in [6.07, 6.45) is -1.91. The summed E-state index contributed by atoms with van der Waals surface area (Å²) in [6.45, 7) is 3.11. The highest BCUT2D eigenvalue weighted by Gasteiger charge is 2.32. The Labute approximate surface area is 176 Å². The molecule has 1 fully saturated rings. The standard InChI is InChI=1S/C21H21F3N2O5/c1-14(31-19(27)7-5-16-3-2-10-30-16)20(28)25-17-13-15(21(22,23)24)4-6-18(17)26-8-11-29-12-9-26/h2-7,10,13-14H,8-9,11-12H2,1H3,(H,25,28). The summed E-state index contributed by atoms with van der Waals surface area (Å²) < 4.78 is 54.9. The number of furan rings is 1. The van der Waals surface area contributed by atoms with E-state index in [0.29, 0.717) is 37.8 Å². The number of rotatable bonds is 6. The van der Waals surface area contributed by atoms with Crippen molar-refractivity contribution >= 4 is 29.3 Å². The Balaban J connectivity index is 1.72. The minimum atomic E-state index is -4.57. The summed E-state index contributed by atoms with van der Waals surface area (Å²) in [7, 11) is 0. The molecule has 166 valence electrons. The smallest absolute Gasteiger partial charge is 0.416 e. The molecular formula is C21H21F3N2O5. The molecule has 31 heavy (non-hydrogen) atoms. The molecule has 0 radical (unpaired) electrons. The lowest BCUT2D eigenvalue weighted by molar-refractivity contribution is -0.148. The first kappa shape index (κ1) is 22.4. The Hall–Kier alpha value is -3.27. The molecule has 1 N–H and O–H groups in total. The normalized spacial score (nSPS) is 15.7. The second-order valence-corrected chi connectivity index (χ2v) is 6.75. The summed E-state index contributed by atoms with van der Waals surface area (Å²) in [5.41, 5.74) is -0.484. The van der Waals surface area contributed by atoms with E-state index in [1.165, 1.54) is 25.3 Å². The van der Waals surface area contributed by atoms with Crippen LogP contribution in [0.15, 0.2) is 47.1 Å². The maximum Gasteiger partial charge on any atom is 0.416 e. The lowest BCUT2D eigenvalue weighted by atomic mass is 10.1. The van der Waals surface area contributed by atoms with Gasteiger partial charge in [0.25, 0.3) is 5.91 Å². The maximum atomic E-state index is 13.2. The summed E-state index contributed by atoms with van der Waals surface area (Å²) >= 11 is 0. The van der Waals surface area contributed by atoms with Crippen LogP contribution in [0.1, 0.15) is 18.2 Å². The van der Waals surface area contributed by atoms with Gasteiger partial charge in [-0.1, -0.05) is 0 Å². The molecule has 1 atom stereocenters. The first-order valence-electron chi connectivity index (χ1n) is 9.51. The van der Waals surface area contributed by atoms with Crippen LogP contribution in [0, 0.1) is 0 Å². The Kier molecular flexibility index (Phi) is 7.01. The first-order chi connectivity index (χ1) is 14.7. The topological polar surface area (TPSA) is 81.0 Å². The van der Waals surface area contributed by atoms with Gasteiger partial charge >= 0.3 is 12.1 Å². The molecule has 0 bridgehead atoms. The second-order valence-electron chi connectivity index (χ2n) is 6.75. The molecule has 1 aliphatic heterocycles. The predicted octanol–water partition coefficient (Wildman–Crippen LogP) is 3.72. The average molecular weight is 438 g/mol. The zero-order valence-corrected chi connectivity index (χ0v) is 16.6. The molecule has 2 aromatic rings. The van der Waals surface area contributed by atoms with E-state index in [0.717, 1.165) is 18.2 Å². The molecular weight excluding hydrogens is 417 g/mol. The SMILES string of the molecule is CC(OC(=O)C=Cc1ccco1)C(=O)Nc1cc(C(F)(F)F)ccc1N1CCOCC1. The highest BCUT2D eigenvalue weighted by atomic mass is 19.4. The minimum Gasteiger partial charge on any atom is -0.465 e. The number of nitrogens with one attached hydrogen (secondary N) is 1. The fourth-order valence-electron chi connectivity index (χ4n) is 2.93. The van der Waals surface area contributed by atoms with Crippen LogP contribution < -0.4 is 10.2 Å². The number of morpholine rings is 1. The molecule has 0 aliphatic carbocycles. The van der Waals surface area contributed by atoms with E-state index in [-0.39, 0.29) is 5.69 Å².